The van der Waals surface area contributed by atoms with Crippen LogP contribution in [-0.2, 0) is 37.3 Å². The van der Waals surface area contributed by atoms with Gasteiger partial charge >= 0.3 is 0 Å². The number of carbonyl (C=O) groups is 2. The van der Waals surface area contributed by atoms with Gasteiger partial charge in [-0.15, -0.1) is 0 Å². The van der Waals surface area contributed by atoms with Crippen LogP contribution in [0.5, 0.6) is 0 Å². The second-order valence-electron chi connectivity index (χ2n) is 9.90. The Hall–Kier alpha value is -2.50. The lowest BCUT2D eigenvalue weighted by Crippen LogP contribution is -2.41. The molecule has 0 saturated carbocycles. The number of sulfonamides is 1. The molecule has 1 aliphatic heterocycles. The lowest BCUT2D eigenvalue weighted by Gasteiger charge is -2.30. The van der Waals surface area contributed by atoms with E-state index in [2.05, 4.69) is 23.5 Å². The third-order valence-electron chi connectivity index (χ3n) is 6.97. The normalized spacial score (nSPS) is 15.6. The van der Waals surface area contributed by atoms with Crippen molar-refractivity contribution in [3.05, 3.63) is 58.6 Å². The number of rotatable bonds is 8. The van der Waals surface area contributed by atoms with Gasteiger partial charge in [0.25, 0.3) is 5.91 Å². The van der Waals surface area contributed by atoms with Crippen LogP contribution >= 0.6 is 11.6 Å². The molecule has 0 atom stereocenters. The van der Waals surface area contributed by atoms with Crippen molar-refractivity contribution < 1.29 is 22.7 Å². The van der Waals surface area contributed by atoms with Crippen molar-refractivity contribution in [1.82, 2.24) is 14.5 Å². The van der Waals surface area contributed by atoms with Gasteiger partial charge in [-0.3, -0.25) is 14.5 Å². The summed E-state index contributed by atoms with van der Waals surface area (Å²) in [5, 5.41) is 0.518. The lowest BCUT2D eigenvalue weighted by atomic mass is 10.1. The van der Waals surface area contributed by atoms with Crippen LogP contribution < -0.4 is 9.62 Å². The van der Waals surface area contributed by atoms with Crippen molar-refractivity contribution >= 4 is 39.1 Å². The highest BCUT2D eigenvalue weighted by atomic mass is 35.5. The molecule has 0 saturated heterocycles. The zero-order chi connectivity index (χ0) is 28.6. The predicted molar refractivity (Wildman–Crippen MR) is 153 cm³/mol. The van der Waals surface area contributed by atoms with E-state index in [1.165, 1.54) is 14.2 Å². The summed E-state index contributed by atoms with van der Waals surface area (Å²) in [7, 11) is -0.645. The van der Waals surface area contributed by atoms with Crippen LogP contribution in [0, 0.1) is 0 Å². The SMILES string of the molecule is CNS(=O)(=O)c1ccc(CCC(=O)N2CCN(C(C)C)CCCN(C(=O)COC)c3cc(Cl)ccc3C2)cc1. The minimum Gasteiger partial charge on any atom is -0.375 e. The topological polar surface area (TPSA) is 99.3 Å². The number of aryl methyl sites for hydroxylation is 1. The molecule has 11 heteroatoms. The minimum absolute atomic E-state index is 0.0134. The molecule has 0 unspecified atom stereocenters. The zero-order valence-electron chi connectivity index (χ0n) is 23.2. The van der Waals surface area contributed by atoms with E-state index in [4.69, 9.17) is 16.3 Å². The first-order valence-corrected chi connectivity index (χ1v) is 15.0. The summed E-state index contributed by atoms with van der Waals surface area (Å²) in [6, 6.07) is 12.3. The molecule has 9 nitrogen and oxygen atoms in total. The molecule has 0 aromatic heterocycles. The maximum Gasteiger partial charge on any atom is 0.252 e. The molecule has 214 valence electrons. The third-order valence-corrected chi connectivity index (χ3v) is 8.63. The Bertz CT molecular complexity index is 1240. The highest BCUT2D eigenvalue weighted by Gasteiger charge is 2.24. The fraction of sp³-hybridized carbons (Fsp3) is 0.500. The van der Waals surface area contributed by atoms with Crippen LogP contribution in [0.3, 0.4) is 0 Å². The number of fused-ring (bicyclic) bond motifs is 1. The average Bonchev–Trinajstić information content (AvgIpc) is 2.94. The second kappa shape index (κ2) is 14.2. The van der Waals surface area contributed by atoms with Crippen LogP contribution in [-0.4, -0.2) is 83.0 Å². The van der Waals surface area contributed by atoms with Gasteiger partial charge in [0, 0.05) is 57.3 Å². The number of halogens is 1. The molecular weight excluding hydrogens is 540 g/mol. The maximum absolute atomic E-state index is 13.5. The number of methoxy groups -OCH3 is 1. The maximum atomic E-state index is 13.5. The number of hydrogen-bond acceptors (Lipinski definition) is 6. The van der Waals surface area contributed by atoms with Crippen LogP contribution in [0.2, 0.25) is 5.02 Å². The number of carbonyl (C=O) groups excluding carboxylic acids is 2. The van der Waals surface area contributed by atoms with Gasteiger partial charge in [-0.2, -0.15) is 0 Å². The second-order valence-corrected chi connectivity index (χ2v) is 12.2. The van der Waals surface area contributed by atoms with Crippen molar-refractivity contribution in [2.45, 2.75) is 50.6 Å². The lowest BCUT2D eigenvalue weighted by molar-refractivity contribution is -0.132. The molecule has 1 N–H and O–H groups in total. The van der Waals surface area contributed by atoms with Crippen molar-refractivity contribution in [2.75, 3.05) is 51.8 Å². The molecular formula is C28H39ClN4O5S. The van der Waals surface area contributed by atoms with Crippen LogP contribution in [0.25, 0.3) is 0 Å². The molecule has 2 aromatic rings. The summed E-state index contributed by atoms with van der Waals surface area (Å²) < 4.78 is 31.5. The molecule has 2 amide bonds. The molecule has 2 aromatic carbocycles. The summed E-state index contributed by atoms with van der Waals surface area (Å²) in [5.41, 5.74) is 2.42. The number of nitrogens with zero attached hydrogens (tertiary/aromatic N) is 3. The third kappa shape index (κ3) is 8.49. The first-order chi connectivity index (χ1) is 18.6. The Morgan fingerprint density at radius 2 is 1.74 bits per heavy atom. The Balaban J connectivity index is 1.86. The Labute approximate surface area is 237 Å². The van der Waals surface area contributed by atoms with Gasteiger partial charge in [0.1, 0.15) is 6.61 Å². The van der Waals surface area contributed by atoms with Gasteiger partial charge in [0.2, 0.25) is 15.9 Å². The summed E-state index contributed by atoms with van der Waals surface area (Å²) in [6.45, 7) is 7.13. The standard InChI is InChI=1S/C28H39ClN4O5S/c1-21(2)31-14-5-15-33(28(35)20-38-4)26-18-24(29)10-9-23(26)19-32(17-16-31)27(34)13-8-22-6-11-25(12-7-22)39(36,37)30-3/h6-7,9-12,18,21,30H,5,8,13-17,19-20H2,1-4H3. The predicted octanol–water partition coefficient (Wildman–Crippen LogP) is 3.30. The summed E-state index contributed by atoms with van der Waals surface area (Å²) in [4.78, 5) is 32.6. The molecule has 0 radical (unpaired) electrons. The zero-order valence-corrected chi connectivity index (χ0v) is 24.7. The average molecular weight is 579 g/mol. The first kappa shape index (κ1) is 31.0. The van der Waals surface area contributed by atoms with Crippen molar-refractivity contribution in [3.63, 3.8) is 0 Å². The van der Waals surface area contributed by atoms with E-state index in [0.717, 1.165) is 30.6 Å². The van der Waals surface area contributed by atoms with E-state index in [-0.39, 0.29) is 35.8 Å². The molecule has 1 aliphatic rings. The largest absolute Gasteiger partial charge is 0.375 e. The van der Waals surface area contributed by atoms with Crippen LogP contribution in [0.15, 0.2) is 47.4 Å². The van der Waals surface area contributed by atoms with Gasteiger partial charge < -0.3 is 14.5 Å². The van der Waals surface area contributed by atoms with E-state index < -0.39 is 10.0 Å². The van der Waals surface area contributed by atoms with E-state index >= 15 is 0 Å². The van der Waals surface area contributed by atoms with Gasteiger partial charge in [0.05, 0.1) is 10.6 Å². The first-order valence-electron chi connectivity index (χ1n) is 13.2. The fourth-order valence-corrected chi connectivity index (χ4v) is 5.57. The van der Waals surface area contributed by atoms with E-state index in [9.17, 15) is 18.0 Å². The van der Waals surface area contributed by atoms with Crippen LogP contribution in [0.1, 0.15) is 37.8 Å². The van der Waals surface area contributed by atoms with Gasteiger partial charge in [-0.05, 0) is 69.1 Å². The van der Waals surface area contributed by atoms with Gasteiger partial charge in [-0.1, -0.05) is 29.8 Å². The molecule has 1 heterocycles. The van der Waals surface area contributed by atoms with Gasteiger partial charge in [-0.25, -0.2) is 13.1 Å². The number of anilines is 1. The minimum atomic E-state index is -3.51. The monoisotopic (exact) mass is 578 g/mol. The Morgan fingerprint density at radius 1 is 1.03 bits per heavy atom. The highest BCUT2D eigenvalue weighted by molar-refractivity contribution is 7.89. The molecule has 0 bridgehead atoms. The summed E-state index contributed by atoms with van der Waals surface area (Å²) in [6.07, 6.45) is 1.52. The number of nitrogens with one attached hydrogen (secondary N) is 1. The van der Waals surface area contributed by atoms with Crippen LogP contribution in [0.4, 0.5) is 5.69 Å². The van der Waals surface area contributed by atoms with E-state index in [1.807, 2.05) is 11.0 Å². The molecule has 3 rings (SSSR count). The number of hydrogen-bond donors (Lipinski definition) is 1. The summed E-state index contributed by atoms with van der Waals surface area (Å²) >= 11 is 6.35. The fourth-order valence-electron chi connectivity index (χ4n) is 4.67. The summed E-state index contributed by atoms with van der Waals surface area (Å²) in [5.74, 6) is -0.168. The number of benzene rings is 2. The van der Waals surface area contributed by atoms with Crippen molar-refractivity contribution in [1.29, 1.82) is 0 Å². The van der Waals surface area contributed by atoms with E-state index in [1.54, 1.807) is 41.3 Å². The quantitative estimate of drug-likeness (QED) is 0.516. The molecule has 0 aliphatic carbocycles. The molecule has 0 spiro atoms. The van der Waals surface area contributed by atoms with Gasteiger partial charge in [0.15, 0.2) is 0 Å². The van der Waals surface area contributed by atoms with Crippen molar-refractivity contribution in [3.8, 4) is 0 Å². The molecule has 39 heavy (non-hydrogen) atoms. The van der Waals surface area contributed by atoms with E-state index in [0.29, 0.717) is 36.8 Å². The number of ether oxygens (including phenoxy) is 1. The highest BCUT2D eigenvalue weighted by Crippen LogP contribution is 2.28. The smallest absolute Gasteiger partial charge is 0.252 e. The Morgan fingerprint density at radius 3 is 2.38 bits per heavy atom. The number of amides is 2. The molecule has 0 fully saturated rings. The Kier molecular flexibility index (Phi) is 11.3. The van der Waals surface area contributed by atoms with Crippen molar-refractivity contribution in [2.24, 2.45) is 0 Å².